The van der Waals surface area contributed by atoms with Gasteiger partial charge in [0.05, 0.1) is 0 Å². The van der Waals surface area contributed by atoms with Crippen LogP contribution in [0.15, 0.2) is 328 Å². The van der Waals surface area contributed by atoms with Crippen LogP contribution in [0.2, 0.25) is 0 Å². The molecule has 0 N–H and O–H groups in total. The van der Waals surface area contributed by atoms with Gasteiger partial charge in [-0.25, -0.2) is 0 Å². The summed E-state index contributed by atoms with van der Waals surface area (Å²) in [7, 11) is 0. The van der Waals surface area contributed by atoms with Gasteiger partial charge in [0.1, 0.15) is 0 Å². The average Bonchev–Trinajstić information content (AvgIpc) is 2.05. The molecule has 87 heavy (non-hydrogen) atoms. The highest BCUT2D eigenvalue weighted by molar-refractivity contribution is 7.27. The van der Waals surface area contributed by atoms with E-state index in [4.69, 9.17) is 0 Å². The molecule has 0 aliphatic carbocycles. The SMILES string of the molecule is c1ccc(-c2cc(-c3ccccc3)cc(N(c3ccc4c(c3)sc3c5ccc(N(c6cc(-c7ccccc7)cc(-c7ccccc7)c6)c6ccc7ccc8ccccc8c7c6)cc5c5ccccc5c43)c3ccc4ccc5ccccc5c4c3)c2)cc1. The number of nitrogens with zero attached hydrogens (tertiary/aromatic N) is 2. The maximum absolute atomic E-state index is 2.48. The molecule has 1 aromatic heterocycles. The fourth-order valence-corrected chi connectivity index (χ4v) is 14.8. The van der Waals surface area contributed by atoms with Crippen LogP contribution in [0.3, 0.4) is 0 Å². The summed E-state index contributed by atoms with van der Waals surface area (Å²) in [6, 6.07) is 121. The van der Waals surface area contributed by atoms with E-state index in [1.807, 2.05) is 11.3 Å². The summed E-state index contributed by atoms with van der Waals surface area (Å²) >= 11 is 1.90. The first-order chi connectivity index (χ1) is 43.1. The highest BCUT2D eigenvalue weighted by atomic mass is 32.1. The number of anilines is 6. The largest absolute Gasteiger partial charge is 0.310 e. The number of rotatable bonds is 10. The molecule has 0 saturated carbocycles. The molecule has 1 heterocycles. The van der Waals surface area contributed by atoms with Gasteiger partial charge in [-0.2, -0.15) is 0 Å². The van der Waals surface area contributed by atoms with Crippen molar-refractivity contribution in [2.75, 3.05) is 9.80 Å². The minimum absolute atomic E-state index is 1.09. The van der Waals surface area contributed by atoms with Crippen LogP contribution in [0.1, 0.15) is 0 Å². The van der Waals surface area contributed by atoms with Crippen LogP contribution in [0, 0.1) is 0 Å². The van der Waals surface area contributed by atoms with E-state index in [0.717, 1.165) is 56.4 Å². The normalized spacial score (nSPS) is 11.7. The first-order valence-corrected chi connectivity index (χ1v) is 30.7. The van der Waals surface area contributed by atoms with Crippen molar-refractivity contribution < 1.29 is 0 Å². The van der Waals surface area contributed by atoms with E-state index in [0.29, 0.717) is 0 Å². The Labute approximate surface area is 509 Å². The molecule has 0 aliphatic heterocycles. The van der Waals surface area contributed by atoms with E-state index in [9.17, 15) is 0 Å². The second-order valence-electron chi connectivity index (χ2n) is 22.8. The van der Waals surface area contributed by atoms with Crippen molar-refractivity contribution in [2.45, 2.75) is 0 Å². The molecule has 2 nitrogen and oxygen atoms in total. The van der Waals surface area contributed by atoms with Crippen LogP contribution in [-0.4, -0.2) is 0 Å². The molecule has 0 fully saturated rings. The maximum atomic E-state index is 2.48. The van der Waals surface area contributed by atoms with Gasteiger partial charge in [0, 0.05) is 59.7 Å². The van der Waals surface area contributed by atoms with Gasteiger partial charge >= 0.3 is 0 Å². The molecule has 0 aliphatic rings. The summed E-state index contributed by atoms with van der Waals surface area (Å²) < 4.78 is 2.52. The molecule has 0 bridgehead atoms. The van der Waals surface area contributed by atoms with Crippen molar-refractivity contribution in [3.8, 4) is 44.5 Å². The van der Waals surface area contributed by atoms with Crippen molar-refractivity contribution in [3.05, 3.63) is 328 Å². The van der Waals surface area contributed by atoms with Crippen molar-refractivity contribution in [2.24, 2.45) is 0 Å². The smallest absolute Gasteiger partial charge is 0.0476 e. The zero-order valence-electron chi connectivity index (χ0n) is 47.5. The molecule has 0 atom stereocenters. The number of hydrogen-bond acceptors (Lipinski definition) is 3. The standard InChI is InChI=1S/C84H54N2S/c1-5-19-55(20-6-1)63-45-64(56-21-7-2-8-22-56)48-71(47-63)85(67-39-37-61-35-33-59-27-13-15-29-73(59)79(61)51-67)69-41-43-77-81(53-69)75-31-17-18-32-76(75)83-78-44-42-70(54-82(78)87-84(77)83)86(68-40-38-62-36-34-60-28-14-16-30-74(60)80(62)52-68)72-49-65(57-23-9-3-10-24-57)46-66(50-72)58-25-11-4-12-26-58/h1-54H. The Morgan fingerprint density at radius 2 is 0.517 bits per heavy atom. The fraction of sp³-hybridized carbons (Fsp3) is 0. The monoisotopic (exact) mass is 1120 g/mol. The number of hydrogen-bond donors (Lipinski definition) is 0. The highest BCUT2D eigenvalue weighted by Gasteiger charge is 2.23. The van der Waals surface area contributed by atoms with Gasteiger partial charge in [0.15, 0.2) is 0 Å². The summed E-state index contributed by atoms with van der Waals surface area (Å²) in [4.78, 5) is 4.96. The fourth-order valence-electron chi connectivity index (χ4n) is 13.5. The summed E-state index contributed by atoms with van der Waals surface area (Å²) in [5.41, 5.74) is 15.9. The van der Waals surface area contributed by atoms with Crippen LogP contribution in [0.4, 0.5) is 34.1 Å². The van der Waals surface area contributed by atoms with E-state index in [1.165, 1.54) is 107 Å². The number of thiophene rings is 1. The Balaban J connectivity index is 0.883. The summed E-state index contributed by atoms with van der Waals surface area (Å²) in [5, 5.41) is 17.3. The zero-order valence-corrected chi connectivity index (χ0v) is 48.3. The van der Waals surface area contributed by atoms with Crippen LogP contribution >= 0.6 is 11.3 Å². The van der Waals surface area contributed by atoms with Crippen molar-refractivity contribution >= 4 is 130 Å². The van der Waals surface area contributed by atoms with E-state index in [2.05, 4.69) is 337 Å². The number of benzene rings is 16. The Hall–Kier alpha value is -11.1. The third kappa shape index (κ3) is 8.86. The predicted octanol–water partition coefficient (Wildman–Crippen LogP) is 24.6. The summed E-state index contributed by atoms with van der Waals surface area (Å²) in [6.07, 6.45) is 0. The van der Waals surface area contributed by atoms with Gasteiger partial charge in [-0.3, -0.25) is 0 Å². The molecule has 0 saturated heterocycles. The molecule has 3 heteroatoms. The van der Waals surface area contributed by atoms with E-state index < -0.39 is 0 Å². The van der Waals surface area contributed by atoms with E-state index in [-0.39, 0.29) is 0 Å². The second-order valence-corrected chi connectivity index (χ2v) is 23.9. The number of fused-ring (bicyclic) bond motifs is 14. The van der Waals surface area contributed by atoms with Gasteiger partial charge in [0.2, 0.25) is 0 Å². The first kappa shape index (κ1) is 50.4. The molecular formula is C84H54N2S. The van der Waals surface area contributed by atoms with Crippen molar-refractivity contribution in [3.63, 3.8) is 0 Å². The molecule has 17 aromatic rings. The molecule has 406 valence electrons. The molecule has 0 amide bonds. The van der Waals surface area contributed by atoms with Gasteiger partial charge in [-0.1, -0.05) is 243 Å². The molecular weight excluding hydrogens is 1070 g/mol. The molecule has 17 rings (SSSR count). The van der Waals surface area contributed by atoms with Gasteiger partial charge in [0.25, 0.3) is 0 Å². The molecule has 0 radical (unpaired) electrons. The zero-order chi connectivity index (χ0) is 57.4. The third-order valence-electron chi connectivity index (χ3n) is 17.7. The minimum atomic E-state index is 1.09. The lowest BCUT2D eigenvalue weighted by Gasteiger charge is -2.28. The van der Waals surface area contributed by atoms with Crippen LogP contribution in [-0.2, 0) is 0 Å². The first-order valence-electron chi connectivity index (χ1n) is 29.9. The Bertz CT molecular complexity index is 5410. The Kier molecular flexibility index (Phi) is 12.1. The lowest BCUT2D eigenvalue weighted by molar-refractivity contribution is 1.30. The van der Waals surface area contributed by atoms with Crippen LogP contribution in [0.25, 0.3) is 129 Å². The minimum Gasteiger partial charge on any atom is -0.310 e. The van der Waals surface area contributed by atoms with Crippen LogP contribution in [0.5, 0.6) is 0 Å². The summed E-state index contributed by atoms with van der Waals surface area (Å²) in [6.45, 7) is 0. The Morgan fingerprint density at radius 3 is 0.966 bits per heavy atom. The van der Waals surface area contributed by atoms with Gasteiger partial charge in [-0.05, 0) is 189 Å². The summed E-state index contributed by atoms with van der Waals surface area (Å²) in [5.74, 6) is 0. The van der Waals surface area contributed by atoms with Crippen molar-refractivity contribution in [1.82, 2.24) is 0 Å². The Morgan fingerprint density at radius 1 is 0.184 bits per heavy atom. The average molecular weight is 1120 g/mol. The topological polar surface area (TPSA) is 6.48 Å². The predicted molar refractivity (Wildman–Crippen MR) is 375 cm³/mol. The highest BCUT2D eigenvalue weighted by Crippen LogP contribution is 2.50. The van der Waals surface area contributed by atoms with Crippen LogP contribution < -0.4 is 9.80 Å². The van der Waals surface area contributed by atoms with Gasteiger partial charge < -0.3 is 9.80 Å². The van der Waals surface area contributed by atoms with E-state index >= 15 is 0 Å². The molecule has 0 spiro atoms. The quantitative estimate of drug-likeness (QED) is 0.126. The third-order valence-corrected chi connectivity index (χ3v) is 18.9. The van der Waals surface area contributed by atoms with Gasteiger partial charge in [-0.15, -0.1) is 11.3 Å². The molecule has 0 unspecified atom stereocenters. The maximum Gasteiger partial charge on any atom is 0.0476 e. The molecule has 16 aromatic carbocycles. The lowest BCUT2D eigenvalue weighted by atomic mass is 9.95. The van der Waals surface area contributed by atoms with Crippen molar-refractivity contribution in [1.29, 1.82) is 0 Å². The van der Waals surface area contributed by atoms with E-state index in [1.54, 1.807) is 0 Å². The second kappa shape index (κ2) is 20.9. The lowest BCUT2D eigenvalue weighted by Crippen LogP contribution is -2.10.